The lowest BCUT2D eigenvalue weighted by atomic mass is 9.85. The molecule has 1 N–H and O–H groups in total. The molecule has 1 aromatic rings. The zero-order valence-corrected chi connectivity index (χ0v) is 11.7. The van der Waals surface area contributed by atoms with Gasteiger partial charge < -0.3 is 10.1 Å². The number of rotatable bonds is 2. The normalized spacial score (nSPS) is 31.1. The molecule has 4 heteroatoms. The van der Waals surface area contributed by atoms with E-state index in [0.717, 1.165) is 12.8 Å². The van der Waals surface area contributed by atoms with E-state index in [2.05, 4.69) is 5.32 Å². The predicted octanol–water partition coefficient (Wildman–Crippen LogP) is 4.05. The van der Waals surface area contributed by atoms with Crippen molar-refractivity contribution in [3.05, 3.63) is 28.2 Å². The average molecular weight is 286 g/mol. The first-order chi connectivity index (χ1) is 8.72. The van der Waals surface area contributed by atoms with Gasteiger partial charge in [-0.05, 0) is 37.8 Å². The average Bonchev–Trinajstić information content (AvgIpc) is 2.35. The maximum atomic E-state index is 6.16. The van der Waals surface area contributed by atoms with Crippen LogP contribution in [-0.2, 0) is 0 Å². The van der Waals surface area contributed by atoms with Crippen LogP contribution in [0, 0.1) is 0 Å². The summed E-state index contributed by atoms with van der Waals surface area (Å²) < 4.78 is 6.05. The van der Waals surface area contributed by atoms with Crippen LogP contribution in [0.25, 0.3) is 0 Å². The van der Waals surface area contributed by atoms with Crippen molar-refractivity contribution in [3.8, 4) is 5.75 Å². The number of hydrogen-bond acceptors (Lipinski definition) is 2. The van der Waals surface area contributed by atoms with Crippen molar-refractivity contribution in [2.45, 2.75) is 50.3 Å². The van der Waals surface area contributed by atoms with E-state index >= 15 is 0 Å². The van der Waals surface area contributed by atoms with Crippen molar-refractivity contribution in [2.75, 3.05) is 0 Å². The van der Waals surface area contributed by atoms with Crippen molar-refractivity contribution >= 4 is 23.2 Å². The molecule has 2 atom stereocenters. The summed E-state index contributed by atoms with van der Waals surface area (Å²) >= 11 is 12.2. The van der Waals surface area contributed by atoms with E-state index in [1.54, 1.807) is 6.07 Å². The van der Waals surface area contributed by atoms with Crippen LogP contribution in [0.1, 0.15) is 32.1 Å². The minimum absolute atomic E-state index is 0.262. The smallest absolute Gasteiger partial charge is 0.139 e. The molecule has 0 spiro atoms. The number of benzene rings is 1. The van der Waals surface area contributed by atoms with Gasteiger partial charge >= 0.3 is 0 Å². The molecular formula is C14H17Cl2NO. The SMILES string of the molecule is Clc1cccc(OC2CC3CCCC(C2)N3)c1Cl. The van der Waals surface area contributed by atoms with E-state index < -0.39 is 0 Å². The second-order valence-corrected chi connectivity index (χ2v) is 6.04. The van der Waals surface area contributed by atoms with Gasteiger partial charge in [0.2, 0.25) is 0 Å². The highest BCUT2D eigenvalue weighted by Crippen LogP contribution is 2.35. The molecule has 2 fully saturated rings. The molecule has 2 saturated heterocycles. The van der Waals surface area contributed by atoms with E-state index in [9.17, 15) is 0 Å². The zero-order chi connectivity index (χ0) is 12.5. The Balaban J connectivity index is 1.71. The molecule has 3 rings (SSSR count). The minimum atomic E-state index is 0.262. The van der Waals surface area contributed by atoms with Crippen LogP contribution in [0.15, 0.2) is 18.2 Å². The molecule has 2 heterocycles. The summed E-state index contributed by atoms with van der Waals surface area (Å²) in [6.45, 7) is 0. The number of hydrogen-bond donors (Lipinski definition) is 1. The summed E-state index contributed by atoms with van der Waals surface area (Å²) in [5, 5.41) is 4.74. The number of fused-ring (bicyclic) bond motifs is 2. The number of ether oxygens (including phenoxy) is 1. The predicted molar refractivity (Wildman–Crippen MR) is 74.7 cm³/mol. The van der Waals surface area contributed by atoms with Crippen LogP contribution in [0.5, 0.6) is 5.75 Å². The van der Waals surface area contributed by atoms with Crippen LogP contribution in [-0.4, -0.2) is 18.2 Å². The van der Waals surface area contributed by atoms with Crippen molar-refractivity contribution in [2.24, 2.45) is 0 Å². The largest absolute Gasteiger partial charge is 0.489 e. The molecule has 2 bridgehead atoms. The van der Waals surface area contributed by atoms with Crippen molar-refractivity contribution in [3.63, 3.8) is 0 Å². The summed E-state index contributed by atoms with van der Waals surface area (Å²) in [5.74, 6) is 0.717. The maximum absolute atomic E-state index is 6.16. The first-order valence-electron chi connectivity index (χ1n) is 6.59. The fraction of sp³-hybridized carbons (Fsp3) is 0.571. The monoisotopic (exact) mass is 285 g/mol. The Labute approximate surface area is 118 Å². The van der Waals surface area contributed by atoms with E-state index in [1.165, 1.54) is 19.3 Å². The Bertz CT molecular complexity index is 426. The van der Waals surface area contributed by atoms with Gasteiger partial charge in [0, 0.05) is 12.1 Å². The first kappa shape index (κ1) is 12.6. The third-order valence-electron chi connectivity index (χ3n) is 3.88. The van der Waals surface area contributed by atoms with Gasteiger partial charge in [0.1, 0.15) is 16.9 Å². The molecular weight excluding hydrogens is 269 g/mol. The van der Waals surface area contributed by atoms with Crippen LogP contribution in [0.4, 0.5) is 0 Å². The number of halogens is 2. The van der Waals surface area contributed by atoms with Crippen molar-refractivity contribution in [1.82, 2.24) is 5.32 Å². The van der Waals surface area contributed by atoms with Gasteiger partial charge in [0.25, 0.3) is 0 Å². The lowest BCUT2D eigenvalue weighted by molar-refractivity contribution is 0.0928. The van der Waals surface area contributed by atoms with Crippen LogP contribution in [0.3, 0.4) is 0 Å². The molecule has 0 aliphatic carbocycles. The fourth-order valence-electron chi connectivity index (χ4n) is 3.06. The van der Waals surface area contributed by atoms with Crippen molar-refractivity contribution in [1.29, 1.82) is 0 Å². The lowest BCUT2D eigenvalue weighted by Gasteiger charge is -2.40. The fourth-order valence-corrected chi connectivity index (χ4v) is 3.40. The number of piperidine rings is 2. The van der Waals surface area contributed by atoms with Gasteiger partial charge in [-0.2, -0.15) is 0 Å². The molecule has 0 saturated carbocycles. The quantitative estimate of drug-likeness (QED) is 0.885. The van der Waals surface area contributed by atoms with Gasteiger partial charge in [-0.1, -0.05) is 35.7 Å². The molecule has 2 aliphatic rings. The highest BCUT2D eigenvalue weighted by atomic mass is 35.5. The van der Waals surface area contributed by atoms with E-state index in [4.69, 9.17) is 27.9 Å². The van der Waals surface area contributed by atoms with Gasteiger partial charge in [-0.15, -0.1) is 0 Å². The molecule has 0 aromatic heterocycles. The van der Waals surface area contributed by atoms with Gasteiger partial charge in [0.05, 0.1) is 5.02 Å². The molecule has 98 valence electrons. The summed E-state index contributed by atoms with van der Waals surface area (Å²) in [4.78, 5) is 0. The molecule has 2 unspecified atom stereocenters. The van der Waals surface area contributed by atoms with E-state index in [1.807, 2.05) is 12.1 Å². The Hall–Kier alpha value is -0.440. The Morgan fingerprint density at radius 3 is 2.56 bits per heavy atom. The number of nitrogens with one attached hydrogen (secondary N) is 1. The molecule has 0 radical (unpaired) electrons. The van der Waals surface area contributed by atoms with Crippen LogP contribution < -0.4 is 10.1 Å². The summed E-state index contributed by atoms with van der Waals surface area (Å²) in [7, 11) is 0. The van der Waals surface area contributed by atoms with Crippen LogP contribution in [0.2, 0.25) is 10.0 Å². The third-order valence-corrected chi connectivity index (χ3v) is 4.68. The summed E-state index contributed by atoms with van der Waals surface area (Å²) in [6.07, 6.45) is 6.27. The van der Waals surface area contributed by atoms with Gasteiger partial charge in [-0.25, -0.2) is 0 Å². The molecule has 18 heavy (non-hydrogen) atoms. The van der Waals surface area contributed by atoms with E-state index in [-0.39, 0.29) is 6.10 Å². The van der Waals surface area contributed by atoms with Crippen LogP contribution >= 0.6 is 23.2 Å². The molecule has 1 aromatic carbocycles. The van der Waals surface area contributed by atoms with Gasteiger partial charge in [0.15, 0.2) is 0 Å². The standard InChI is InChI=1S/C14H17Cl2NO/c15-12-5-2-6-13(14(12)16)18-11-7-9-3-1-4-10(8-11)17-9/h2,5-6,9-11,17H,1,3-4,7-8H2. The second kappa shape index (κ2) is 5.28. The summed E-state index contributed by atoms with van der Waals surface area (Å²) in [6, 6.07) is 6.78. The first-order valence-corrected chi connectivity index (χ1v) is 7.34. The van der Waals surface area contributed by atoms with E-state index in [0.29, 0.717) is 27.9 Å². The third kappa shape index (κ3) is 2.61. The topological polar surface area (TPSA) is 21.3 Å². The zero-order valence-electron chi connectivity index (χ0n) is 10.2. The Morgan fingerprint density at radius 2 is 1.83 bits per heavy atom. The summed E-state index contributed by atoms with van der Waals surface area (Å²) in [5.41, 5.74) is 0. The van der Waals surface area contributed by atoms with Crippen molar-refractivity contribution < 1.29 is 4.74 Å². The van der Waals surface area contributed by atoms with Gasteiger partial charge in [-0.3, -0.25) is 0 Å². The molecule has 0 amide bonds. The highest BCUT2D eigenvalue weighted by molar-refractivity contribution is 6.42. The Morgan fingerprint density at radius 1 is 1.11 bits per heavy atom. The maximum Gasteiger partial charge on any atom is 0.139 e. The minimum Gasteiger partial charge on any atom is -0.489 e. The Kier molecular flexibility index (Phi) is 3.69. The molecule has 2 nitrogen and oxygen atoms in total. The second-order valence-electron chi connectivity index (χ2n) is 5.25. The lowest BCUT2D eigenvalue weighted by Crippen LogP contribution is -2.51. The molecule has 2 aliphatic heterocycles. The highest BCUT2D eigenvalue weighted by Gasteiger charge is 2.32.